The Morgan fingerprint density at radius 3 is 2.50 bits per heavy atom. The van der Waals surface area contributed by atoms with Crippen LogP contribution in [0.2, 0.25) is 0 Å². The summed E-state index contributed by atoms with van der Waals surface area (Å²) in [6.45, 7) is 7.98. The molecule has 1 fully saturated rings. The van der Waals surface area contributed by atoms with E-state index in [-0.39, 0.29) is 7.92 Å². The smallest absolute Gasteiger partial charge is 0.102 e. The maximum absolute atomic E-state index is 6.03. The number of rotatable bonds is 1. The Hall–Kier alpha value is -0.390. The van der Waals surface area contributed by atoms with Gasteiger partial charge >= 0.3 is 0 Å². The summed E-state index contributed by atoms with van der Waals surface area (Å²) in [5.74, 6) is 0.352. The van der Waals surface area contributed by atoms with E-state index in [0.29, 0.717) is 11.0 Å². The lowest BCUT2D eigenvalue weighted by molar-refractivity contribution is 0.0987. The Balaban J connectivity index is 2.24. The molecule has 1 aliphatic heterocycles. The van der Waals surface area contributed by atoms with Gasteiger partial charge in [-0.25, -0.2) is 0 Å². The Bertz CT molecular complexity index is 328. The maximum atomic E-state index is 6.03. The second kappa shape index (κ2) is 4.85. The molecule has 2 rings (SSSR count). The van der Waals surface area contributed by atoms with Crippen molar-refractivity contribution in [2.75, 3.05) is 12.8 Å². The Labute approximate surface area is 100.0 Å². The molecule has 1 aromatic rings. The van der Waals surface area contributed by atoms with Crippen molar-refractivity contribution in [2.24, 2.45) is 0 Å². The van der Waals surface area contributed by atoms with Crippen molar-refractivity contribution in [2.45, 2.75) is 38.2 Å². The number of hydrogen-bond acceptors (Lipinski definition) is 1. The van der Waals surface area contributed by atoms with Crippen molar-refractivity contribution in [3.8, 4) is 0 Å². The van der Waals surface area contributed by atoms with Gasteiger partial charge in [-0.2, -0.15) is 0 Å². The average molecular weight is 236 g/mol. The summed E-state index contributed by atoms with van der Waals surface area (Å²) in [7, 11) is -0.0747. The summed E-state index contributed by atoms with van der Waals surface area (Å²) in [5, 5.41) is 0.385. The van der Waals surface area contributed by atoms with Crippen LogP contribution in [0.4, 0.5) is 0 Å². The molecular weight excluding hydrogens is 215 g/mol. The highest BCUT2D eigenvalue weighted by Crippen LogP contribution is 2.62. The zero-order valence-corrected chi connectivity index (χ0v) is 11.3. The van der Waals surface area contributed by atoms with Gasteiger partial charge in [-0.05, 0) is 23.3 Å². The molecule has 2 atom stereocenters. The fourth-order valence-corrected chi connectivity index (χ4v) is 5.11. The van der Waals surface area contributed by atoms with Gasteiger partial charge in [0.1, 0.15) is 5.85 Å². The first-order chi connectivity index (χ1) is 7.59. The van der Waals surface area contributed by atoms with Crippen LogP contribution >= 0.6 is 7.92 Å². The summed E-state index contributed by atoms with van der Waals surface area (Å²) in [6, 6.07) is 10.7. The van der Waals surface area contributed by atoms with Gasteiger partial charge in [0.25, 0.3) is 0 Å². The van der Waals surface area contributed by atoms with Crippen molar-refractivity contribution in [3.63, 3.8) is 0 Å². The van der Waals surface area contributed by atoms with E-state index in [1.807, 2.05) is 0 Å². The topological polar surface area (TPSA) is 9.23 Å². The van der Waals surface area contributed by atoms with Crippen molar-refractivity contribution < 1.29 is 4.74 Å². The summed E-state index contributed by atoms with van der Waals surface area (Å²) >= 11 is 0. The lowest BCUT2D eigenvalue weighted by Gasteiger charge is -2.41. The average Bonchev–Trinajstić information content (AvgIpc) is 2.29. The van der Waals surface area contributed by atoms with Gasteiger partial charge in [-0.1, -0.05) is 59.0 Å². The maximum Gasteiger partial charge on any atom is 0.102 e. The van der Waals surface area contributed by atoms with Crippen LogP contribution in [-0.2, 0) is 4.74 Å². The second-order valence-corrected chi connectivity index (χ2v) is 8.55. The zero-order chi connectivity index (χ0) is 11.6. The van der Waals surface area contributed by atoms with E-state index in [1.165, 1.54) is 18.1 Å². The van der Waals surface area contributed by atoms with Crippen molar-refractivity contribution in [1.29, 1.82) is 0 Å². The molecule has 0 spiro atoms. The summed E-state index contributed by atoms with van der Waals surface area (Å²) < 4.78 is 6.03. The highest BCUT2D eigenvalue weighted by Gasteiger charge is 2.35. The van der Waals surface area contributed by atoms with Gasteiger partial charge in [-0.3, -0.25) is 0 Å². The van der Waals surface area contributed by atoms with Crippen molar-refractivity contribution in [1.82, 2.24) is 0 Å². The van der Waals surface area contributed by atoms with Gasteiger partial charge in [-0.15, -0.1) is 0 Å². The molecule has 1 aromatic carbocycles. The molecule has 1 saturated heterocycles. The highest BCUT2D eigenvalue weighted by atomic mass is 31.1. The molecule has 0 amide bonds. The van der Waals surface area contributed by atoms with E-state index in [9.17, 15) is 0 Å². The molecular formula is C14H21OP. The first-order valence-electron chi connectivity index (χ1n) is 6.02. The molecule has 0 aromatic heterocycles. The van der Waals surface area contributed by atoms with Gasteiger partial charge < -0.3 is 4.74 Å². The van der Waals surface area contributed by atoms with Crippen molar-refractivity contribution in [3.05, 3.63) is 35.9 Å². The third-order valence-electron chi connectivity index (χ3n) is 3.05. The lowest BCUT2D eigenvalue weighted by atomic mass is 10.2. The minimum absolute atomic E-state index is 0.0747. The van der Waals surface area contributed by atoms with Crippen LogP contribution in [0.25, 0.3) is 0 Å². The molecule has 88 valence electrons. The van der Waals surface area contributed by atoms with E-state index < -0.39 is 0 Å². The SMILES string of the molecule is CC(C)(C)[P@]1CCCO[C@@H]1c1ccccc1. The summed E-state index contributed by atoms with van der Waals surface area (Å²) in [6.07, 6.45) is 2.57. The molecule has 1 heterocycles. The van der Waals surface area contributed by atoms with Crippen molar-refractivity contribution >= 4 is 7.92 Å². The zero-order valence-electron chi connectivity index (χ0n) is 10.4. The van der Waals surface area contributed by atoms with E-state index >= 15 is 0 Å². The molecule has 16 heavy (non-hydrogen) atoms. The standard InChI is InChI=1S/C14H21OP/c1-14(2,3)16-11-7-10-15-13(16)12-8-5-4-6-9-12/h4-6,8-9,13H,7,10-11H2,1-3H3/t13-,16+/m0/s1. The Morgan fingerprint density at radius 2 is 1.88 bits per heavy atom. The fourth-order valence-electron chi connectivity index (χ4n) is 2.22. The van der Waals surface area contributed by atoms with Crippen LogP contribution in [0.3, 0.4) is 0 Å². The van der Waals surface area contributed by atoms with Crippen LogP contribution in [0.1, 0.15) is 38.6 Å². The fraction of sp³-hybridized carbons (Fsp3) is 0.571. The van der Waals surface area contributed by atoms with Gasteiger partial charge in [0.2, 0.25) is 0 Å². The first kappa shape index (κ1) is 12.1. The van der Waals surface area contributed by atoms with Crippen LogP contribution in [0.5, 0.6) is 0 Å². The van der Waals surface area contributed by atoms with E-state index in [1.54, 1.807) is 0 Å². The summed E-state index contributed by atoms with van der Waals surface area (Å²) in [4.78, 5) is 0. The quantitative estimate of drug-likeness (QED) is 0.657. The van der Waals surface area contributed by atoms with Crippen LogP contribution in [0, 0.1) is 0 Å². The van der Waals surface area contributed by atoms with E-state index in [4.69, 9.17) is 4.74 Å². The lowest BCUT2D eigenvalue weighted by Crippen LogP contribution is -2.24. The van der Waals surface area contributed by atoms with Gasteiger partial charge in [0.05, 0.1) is 0 Å². The summed E-state index contributed by atoms with van der Waals surface area (Å²) in [5.41, 5.74) is 1.36. The third kappa shape index (κ3) is 2.64. The van der Waals surface area contributed by atoms with Crippen LogP contribution < -0.4 is 0 Å². The molecule has 0 radical (unpaired) electrons. The van der Waals surface area contributed by atoms with E-state index in [0.717, 1.165) is 6.61 Å². The first-order valence-corrected chi connectivity index (χ1v) is 7.62. The predicted octanol–water partition coefficient (Wildman–Crippen LogP) is 4.39. The Kier molecular flexibility index (Phi) is 3.66. The van der Waals surface area contributed by atoms with E-state index in [2.05, 4.69) is 51.1 Å². The van der Waals surface area contributed by atoms with Gasteiger partial charge in [0.15, 0.2) is 0 Å². The van der Waals surface area contributed by atoms with Gasteiger partial charge in [0, 0.05) is 6.61 Å². The number of hydrogen-bond donors (Lipinski definition) is 0. The minimum Gasteiger partial charge on any atom is -0.369 e. The Morgan fingerprint density at radius 1 is 1.19 bits per heavy atom. The third-order valence-corrected chi connectivity index (χ3v) is 6.58. The molecule has 2 heteroatoms. The van der Waals surface area contributed by atoms with Crippen LogP contribution in [0.15, 0.2) is 30.3 Å². The largest absolute Gasteiger partial charge is 0.369 e. The monoisotopic (exact) mass is 236 g/mol. The molecule has 0 unspecified atom stereocenters. The molecule has 0 aliphatic carbocycles. The van der Waals surface area contributed by atoms with Crippen LogP contribution in [-0.4, -0.2) is 17.9 Å². The molecule has 1 nitrogen and oxygen atoms in total. The molecule has 0 saturated carbocycles. The second-order valence-electron chi connectivity index (χ2n) is 5.35. The molecule has 0 bridgehead atoms. The number of ether oxygens (including phenoxy) is 1. The highest BCUT2D eigenvalue weighted by molar-refractivity contribution is 7.59. The number of benzene rings is 1. The predicted molar refractivity (Wildman–Crippen MR) is 71.3 cm³/mol. The molecule has 1 aliphatic rings. The molecule has 0 N–H and O–H groups in total. The normalized spacial score (nSPS) is 26.7. The minimum atomic E-state index is -0.0747.